The molecule has 1 aliphatic carbocycles. The number of hydrogen-bond donors (Lipinski definition) is 1. The van der Waals surface area contributed by atoms with Gasteiger partial charge in [0.05, 0.1) is 6.10 Å². The van der Waals surface area contributed by atoms with E-state index in [1.54, 1.807) is 0 Å². The van der Waals surface area contributed by atoms with Crippen molar-refractivity contribution < 1.29 is 4.74 Å². The van der Waals surface area contributed by atoms with Crippen molar-refractivity contribution in [2.45, 2.75) is 52.2 Å². The Hall–Kier alpha value is -0.120. The summed E-state index contributed by atoms with van der Waals surface area (Å²) in [6, 6.07) is 0.899. The van der Waals surface area contributed by atoms with Gasteiger partial charge in [-0.3, -0.25) is 4.90 Å². The molecule has 0 radical (unpaired) electrons. The summed E-state index contributed by atoms with van der Waals surface area (Å²) in [7, 11) is 0. The highest BCUT2D eigenvalue weighted by atomic mass is 16.5. The van der Waals surface area contributed by atoms with E-state index in [0.717, 1.165) is 32.2 Å². The summed E-state index contributed by atoms with van der Waals surface area (Å²) in [6.45, 7) is 11.9. The van der Waals surface area contributed by atoms with Gasteiger partial charge < -0.3 is 10.1 Å². The van der Waals surface area contributed by atoms with Crippen LogP contribution in [-0.4, -0.2) is 49.8 Å². The van der Waals surface area contributed by atoms with E-state index in [9.17, 15) is 0 Å². The maximum atomic E-state index is 5.49. The van der Waals surface area contributed by atoms with Crippen molar-refractivity contribution in [3.05, 3.63) is 0 Å². The third-order valence-corrected chi connectivity index (χ3v) is 2.99. The molecule has 1 rings (SSSR count). The van der Waals surface area contributed by atoms with Gasteiger partial charge in [-0.15, -0.1) is 0 Å². The van der Waals surface area contributed by atoms with Gasteiger partial charge >= 0.3 is 0 Å². The zero-order valence-corrected chi connectivity index (χ0v) is 11.2. The normalized spacial score (nSPS) is 16.3. The molecule has 0 amide bonds. The van der Waals surface area contributed by atoms with E-state index in [1.165, 1.54) is 25.9 Å². The molecule has 0 heterocycles. The topological polar surface area (TPSA) is 24.5 Å². The first-order chi connectivity index (χ1) is 7.74. The second kappa shape index (κ2) is 8.04. The van der Waals surface area contributed by atoms with Crippen LogP contribution >= 0.6 is 0 Å². The number of likely N-dealkylation sites (N-methyl/N-ethyl adjacent to an activating group) is 1. The second-order valence-corrected chi connectivity index (χ2v) is 4.88. The predicted molar refractivity (Wildman–Crippen MR) is 68.8 cm³/mol. The van der Waals surface area contributed by atoms with Crippen LogP contribution in [0.4, 0.5) is 0 Å². The zero-order valence-electron chi connectivity index (χ0n) is 11.2. The highest BCUT2D eigenvalue weighted by Gasteiger charge is 2.26. The van der Waals surface area contributed by atoms with Crippen molar-refractivity contribution in [3.8, 4) is 0 Å². The van der Waals surface area contributed by atoms with Crippen LogP contribution in [0.3, 0.4) is 0 Å². The molecule has 3 nitrogen and oxygen atoms in total. The highest BCUT2D eigenvalue weighted by molar-refractivity contribution is 4.83. The first-order valence-electron chi connectivity index (χ1n) is 6.80. The molecule has 0 aliphatic heterocycles. The lowest BCUT2D eigenvalue weighted by molar-refractivity contribution is 0.0770. The maximum absolute atomic E-state index is 5.49. The monoisotopic (exact) mass is 228 g/mol. The molecule has 0 aromatic heterocycles. The highest BCUT2D eigenvalue weighted by Crippen LogP contribution is 2.25. The van der Waals surface area contributed by atoms with E-state index < -0.39 is 0 Å². The van der Waals surface area contributed by atoms with Gasteiger partial charge in [0.25, 0.3) is 0 Å². The van der Waals surface area contributed by atoms with Gasteiger partial charge in [-0.25, -0.2) is 0 Å². The largest absolute Gasteiger partial charge is 0.379 e. The summed E-state index contributed by atoms with van der Waals surface area (Å²) in [6.07, 6.45) is 4.31. The number of rotatable bonds is 10. The summed E-state index contributed by atoms with van der Waals surface area (Å²) >= 11 is 0. The summed E-state index contributed by atoms with van der Waals surface area (Å²) in [5, 5.41) is 3.48. The Balaban J connectivity index is 1.83. The van der Waals surface area contributed by atoms with Gasteiger partial charge in [-0.2, -0.15) is 0 Å². The molecular formula is C13H28N2O. The van der Waals surface area contributed by atoms with Gasteiger partial charge in [0.1, 0.15) is 0 Å². The Morgan fingerprint density at radius 1 is 1.31 bits per heavy atom. The number of nitrogens with one attached hydrogen (secondary N) is 1. The molecule has 1 saturated carbocycles. The van der Waals surface area contributed by atoms with Gasteiger partial charge in [-0.1, -0.05) is 6.92 Å². The van der Waals surface area contributed by atoms with E-state index in [2.05, 4.69) is 31.0 Å². The molecule has 0 unspecified atom stereocenters. The third-order valence-electron chi connectivity index (χ3n) is 2.99. The van der Waals surface area contributed by atoms with Crippen molar-refractivity contribution in [2.24, 2.45) is 0 Å². The maximum Gasteiger partial charge on any atom is 0.0518 e. The Kier molecular flexibility index (Phi) is 7.01. The molecule has 0 spiro atoms. The zero-order chi connectivity index (χ0) is 11.8. The van der Waals surface area contributed by atoms with Crippen LogP contribution < -0.4 is 5.32 Å². The minimum absolute atomic E-state index is 0.366. The Bertz CT molecular complexity index is 169. The van der Waals surface area contributed by atoms with Crippen LogP contribution in [0.25, 0.3) is 0 Å². The molecule has 0 aromatic carbocycles. The average molecular weight is 228 g/mol. The van der Waals surface area contributed by atoms with Crippen molar-refractivity contribution in [1.82, 2.24) is 10.2 Å². The molecule has 0 saturated heterocycles. The van der Waals surface area contributed by atoms with E-state index in [-0.39, 0.29) is 0 Å². The minimum atomic E-state index is 0.366. The lowest BCUT2D eigenvalue weighted by Gasteiger charge is -2.19. The van der Waals surface area contributed by atoms with E-state index in [1.807, 2.05) is 0 Å². The van der Waals surface area contributed by atoms with E-state index in [0.29, 0.717) is 6.10 Å². The fraction of sp³-hybridized carbons (Fsp3) is 1.00. The molecule has 0 aromatic rings. The van der Waals surface area contributed by atoms with Gasteiger partial charge in [0, 0.05) is 25.7 Å². The first kappa shape index (κ1) is 13.9. The van der Waals surface area contributed by atoms with E-state index >= 15 is 0 Å². The Morgan fingerprint density at radius 3 is 2.62 bits per heavy atom. The minimum Gasteiger partial charge on any atom is -0.379 e. The third kappa shape index (κ3) is 6.46. The van der Waals surface area contributed by atoms with Crippen molar-refractivity contribution in [3.63, 3.8) is 0 Å². The Labute approximate surface area is 101 Å². The van der Waals surface area contributed by atoms with Gasteiger partial charge in [0.15, 0.2) is 0 Å². The van der Waals surface area contributed by atoms with Crippen LogP contribution in [0.1, 0.15) is 40.0 Å². The smallest absolute Gasteiger partial charge is 0.0518 e. The molecule has 0 atom stereocenters. The molecule has 3 heteroatoms. The van der Waals surface area contributed by atoms with E-state index in [4.69, 9.17) is 4.74 Å². The lowest BCUT2D eigenvalue weighted by Crippen LogP contribution is -2.34. The Morgan fingerprint density at radius 2 is 2.06 bits per heavy atom. The fourth-order valence-electron chi connectivity index (χ4n) is 1.90. The predicted octanol–water partition coefficient (Wildman–Crippen LogP) is 1.88. The SMILES string of the molecule is CCN(CCNCCCOC(C)C)C1CC1. The molecule has 1 N–H and O–H groups in total. The molecular weight excluding hydrogens is 200 g/mol. The molecule has 16 heavy (non-hydrogen) atoms. The summed E-state index contributed by atoms with van der Waals surface area (Å²) in [5.41, 5.74) is 0. The molecule has 1 fully saturated rings. The van der Waals surface area contributed by atoms with Gasteiger partial charge in [-0.05, 0) is 46.2 Å². The lowest BCUT2D eigenvalue weighted by atomic mass is 10.4. The van der Waals surface area contributed by atoms with Crippen LogP contribution in [-0.2, 0) is 4.74 Å². The molecule has 1 aliphatic rings. The number of hydrogen-bond acceptors (Lipinski definition) is 3. The van der Waals surface area contributed by atoms with Crippen LogP contribution in [0, 0.1) is 0 Å². The number of nitrogens with zero attached hydrogens (tertiary/aromatic N) is 1. The van der Waals surface area contributed by atoms with Crippen molar-refractivity contribution in [1.29, 1.82) is 0 Å². The van der Waals surface area contributed by atoms with Crippen LogP contribution in [0.15, 0.2) is 0 Å². The summed E-state index contributed by atoms with van der Waals surface area (Å²) in [5.74, 6) is 0. The van der Waals surface area contributed by atoms with Gasteiger partial charge in [0.2, 0.25) is 0 Å². The van der Waals surface area contributed by atoms with Crippen LogP contribution in [0.2, 0.25) is 0 Å². The second-order valence-electron chi connectivity index (χ2n) is 4.88. The summed E-state index contributed by atoms with van der Waals surface area (Å²) < 4.78 is 5.49. The number of ether oxygens (including phenoxy) is 1. The molecule has 0 bridgehead atoms. The fourth-order valence-corrected chi connectivity index (χ4v) is 1.90. The van der Waals surface area contributed by atoms with Crippen LogP contribution in [0.5, 0.6) is 0 Å². The molecule has 96 valence electrons. The standard InChI is InChI=1S/C13H28N2O/c1-4-15(13-6-7-13)10-9-14-8-5-11-16-12(2)3/h12-14H,4-11H2,1-3H3. The van der Waals surface area contributed by atoms with Crippen molar-refractivity contribution in [2.75, 3.05) is 32.8 Å². The van der Waals surface area contributed by atoms with Crippen molar-refractivity contribution >= 4 is 0 Å². The quantitative estimate of drug-likeness (QED) is 0.578. The first-order valence-corrected chi connectivity index (χ1v) is 6.80. The summed E-state index contributed by atoms with van der Waals surface area (Å²) in [4.78, 5) is 2.58. The average Bonchev–Trinajstić information content (AvgIpc) is 3.05.